The van der Waals surface area contributed by atoms with Gasteiger partial charge in [-0.05, 0) is 24.6 Å². The number of nitrogens with zero attached hydrogens (tertiary/aromatic N) is 2. The molecule has 10 heteroatoms. The van der Waals surface area contributed by atoms with Crippen LogP contribution in [0.1, 0.15) is 22.9 Å². The normalized spacial score (nSPS) is 17.2. The number of halogens is 3. The number of alkyl halides is 3. The fraction of sp³-hybridized carbons (Fsp3) is 0.316. The van der Waals surface area contributed by atoms with E-state index in [-0.39, 0.29) is 24.4 Å². The molecule has 2 amide bonds. The van der Waals surface area contributed by atoms with E-state index in [0.29, 0.717) is 5.69 Å². The van der Waals surface area contributed by atoms with Gasteiger partial charge in [0.2, 0.25) is 11.8 Å². The largest absolute Gasteiger partial charge is 0.508 e. The monoisotopic (exact) mass is 409 g/mol. The Bertz CT molecular complexity index is 1020. The van der Waals surface area contributed by atoms with E-state index in [4.69, 9.17) is 0 Å². The van der Waals surface area contributed by atoms with E-state index in [0.717, 1.165) is 27.7 Å². The van der Waals surface area contributed by atoms with Crippen molar-refractivity contribution >= 4 is 11.8 Å². The summed E-state index contributed by atoms with van der Waals surface area (Å²) in [4.78, 5) is 38.5. The Hall–Kier alpha value is -3.30. The van der Waals surface area contributed by atoms with Gasteiger partial charge < -0.3 is 19.9 Å². The first kappa shape index (κ1) is 20.4. The number of nitrogens with one attached hydrogen (secondary N) is 1. The summed E-state index contributed by atoms with van der Waals surface area (Å²) in [6.07, 6.45) is -4.70. The first-order chi connectivity index (χ1) is 13.6. The van der Waals surface area contributed by atoms with Crippen molar-refractivity contribution in [2.24, 2.45) is 0 Å². The van der Waals surface area contributed by atoms with Gasteiger partial charge in [-0.1, -0.05) is 18.2 Å². The Kier molecular flexibility index (Phi) is 5.36. The molecule has 154 valence electrons. The lowest BCUT2D eigenvalue weighted by Crippen LogP contribution is -2.53. The maximum atomic E-state index is 13.4. The number of benzene rings is 1. The number of hydrogen-bond donors (Lipinski definition) is 2. The minimum Gasteiger partial charge on any atom is -0.508 e. The standard InChI is InChI=1S/C19H18F3N3O4/c1-11-8-12(26)9-15(27)25(11)10-16(28)24-7-6-23-18(29)17(24)13-4-2-3-5-14(13)19(20,21)22/h2-5,8-9,17,26H,6-7,10H2,1H3,(H,23,29). The zero-order chi connectivity index (χ0) is 21.3. The number of carbonyl (C=O) groups is 2. The second-order valence-corrected chi connectivity index (χ2v) is 6.65. The minimum atomic E-state index is -4.70. The lowest BCUT2D eigenvalue weighted by Gasteiger charge is -2.36. The van der Waals surface area contributed by atoms with Gasteiger partial charge in [-0.3, -0.25) is 14.4 Å². The van der Waals surface area contributed by atoms with E-state index >= 15 is 0 Å². The van der Waals surface area contributed by atoms with Crippen molar-refractivity contribution < 1.29 is 27.9 Å². The van der Waals surface area contributed by atoms with Gasteiger partial charge >= 0.3 is 6.18 Å². The SMILES string of the molecule is Cc1cc(O)cc(=O)n1CC(=O)N1CCNC(=O)C1c1ccccc1C(F)(F)F. The second kappa shape index (κ2) is 7.61. The molecule has 1 aliphatic rings. The van der Waals surface area contributed by atoms with Gasteiger partial charge in [0.1, 0.15) is 18.3 Å². The van der Waals surface area contributed by atoms with E-state index in [1.807, 2.05) is 0 Å². The van der Waals surface area contributed by atoms with Gasteiger partial charge in [-0.2, -0.15) is 13.2 Å². The molecule has 0 radical (unpaired) electrons. The molecule has 1 atom stereocenters. The molecule has 0 bridgehead atoms. The predicted octanol–water partition coefficient (Wildman–Crippen LogP) is 1.58. The highest BCUT2D eigenvalue weighted by atomic mass is 19.4. The third kappa shape index (κ3) is 4.10. The maximum Gasteiger partial charge on any atom is 0.416 e. The van der Waals surface area contributed by atoms with Gasteiger partial charge in [-0.15, -0.1) is 0 Å². The zero-order valence-electron chi connectivity index (χ0n) is 15.4. The summed E-state index contributed by atoms with van der Waals surface area (Å²) >= 11 is 0. The number of amides is 2. The Balaban J connectivity index is 1.99. The Labute approximate surface area is 163 Å². The molecular formula is C19H18F3N3O4. The van der Waals surface area contributed by atoms with E-state index in [1.54, 1.807) is 0 Å². The lowest BCUT2D eigenvalue weighted by atomic mass is 9.96. The summed E-state index contributed by atoms with van der Waals surface area (Å²) in [6, 6.07) is 5.34. The van der Waals surface area contributed by atoms with Crippen LogP contribution in [0.25, 0.3) is 0 Å². The van der Waals surface area contributed by atoms with Crippen LogP contribution in [0.15, 0.2) is 41.2 Å². The molecule has 0 saturated carbocycles. The molecule has 2 N–H and O–H groups in total. The average Bonchev–Trinajstić information content (AvgIpc) is 2.63. The third-order valence-electron chi connectivity index (χ3n) is 4.71. The summed E-state index contributed by atoms with van der Waals surface area (Å²) < 4.78 is 41.4. The molecule has 2 aromatic rings. The molecule has 1 aromatic heterocycles. The van der Waals surface area contributed by atoms with Gasteiger partial charge in [0, 0.05) is 24.8 Å². The highest BCUT2D eigenvalue weighted by Crippen LogP contribution is 2.37. The van der Waals surface area contributed by atoms with Gasteiger partial charge in [0.05, 0.1) is 5.56 Å². The fourth-order valence-corrected chi connectivity index (χ4v) is 3.38. The van der Waals surface area contributed by atoms with Crippen molar-refractivity contribution in [3.63, 3.8) is 0 Å². The van der Waals surface area contributed by atoms with E-state index in [9.17, 15) is 32.7 Å². The summed E-state index contributed by atoms with van der Waals surface area (Å²) in [5.41, 5.74) is -1.67. The quantitative estimate of drug-likeness (QED) is 0.805. The molecule has 1 aromatic carbocycles. The van der Waals surface area contributed by atoms with Crippen LogP contribution in [-0.2, 0) is 22.3 Å². The molecule has 1 unspecified atom stereocenters. The predicted molar refractivity (Wildman–Crippen MR) is 96.0 cm³/mol. The van der Waals surface area contributed by atoms with E-state index in [2.05, 4.69) is 5.32 Å². The Morgan fingerprint density at radius 2 is 1.93 bits per heavy atom. The molecule has 1 saturated heterocycles. The number of pyridine rings is 1. The molecule has 1 aliphatic heterocycles. The number of carbonyl (C=O) groups excluding carboxylic acids is 2. The van der Waals surface area contributed by atoms with Gasteiger partial charge in [0.25, 0.3) is 5.56 Å². The molecule has 0 spiro atoms. The highest BCUT2D eigenvalue weighted by Gasteiger charge is 2.41. The topological polar surface area (TPSA) is 91.6 Å². The van der Waals surface area contributed by atoms with Crippen LogP contribution in [0, 0.1) is 6.92 Å². The lowest BCUT2D eigenvalue weighted by molar-refractivity contribution is -0.147. The van der Waals surface area contributed by atoms with Crippen LogP contribution >= 0.6 is 0 Å². The van der Waals surface area contributed by atoms with Gasteiger partial charge in [-0.25, -0.2) is 0 Å². The van der Waals surface area contributed by atoms with Crippen molar-refractivity contribution in [2.75, 3.05) is 13.1 Å². The first-order valence-corrected chi connectivity index (χ1v) is 8.73. The summed E-state index contributed by atoms with van der Waals surface area (Å²) in [5, 5.41) is 12.0. The van der Waals surface area contributed by atoms with Crippen LogP contribution in [0.4, 0.5) is 13.2 Å². The van der Waals surface area contributed by atoms with Crippen molar-refractivity contribution in [3.8, 4) is 5.75 Å². The number of rotatable bonds is 3. The van der Waals surface area contributed by atoms with Gasteiger partial charge in [0.15, 0.2) is 0 Å². The number of aromatic hydroxyl groups is 1. The van der Waals surface area contributed by atoms with Crippen molar-refractivity contribution in [2.45, 2.75) is 25.7 Å². The van der Waals surface area contributed by atoms with Crippen molar-refractivity contribution in [1.82, 2.24) is 14.8 Å². The number of piperazine rings is 1. The molecule has 29 heavy (non-hydrogen) atoms. The number of aryl methyl sites for hydroxylation is 1. The Morgan fingerprint density at radius 1 is 1.24 bits per heavy atom. The summed E-state index contributed by atoms with van der Waals surface area (Å²) in [6.45, 7) is 1.11. The summed E-state index contributed by atoms with van der Waals surface area (Å²) in [5.74, 6) is -1.67. The Morgan fingerprint density at radius 3 is 2.59 bits per heavy atom. The van der Waals surface area contributed by atoms with Crippen molar-refractivity contribution in [1.29, 1.82) is 0 Å². The molecule has 3 rings (SSSR count). The average molecular weight is 409 g/mol. The molecular weight excluding hydrogens is 391 g/mol. The van der Waals surface area contributed by atoms with Crippen LogP contribution in [0.5, 0.6) is 5.75 Å². The van der Waals surface area contributed by atoms with E-state index in [1.165, 1.54) is 25.1 Å². The fourth-order valence-electron chi connectivity index (χ4n) is 3.38. The molecule has 2 heterocycles. The second-order valence-electron chi connectivity index (χ2n) is 6.65. The smallest absolute Gasteiger partial charge is 0.416 e. The van der Waals surface area contributed by atoms with E-state index < -0.39 is 41.7 Å². The zero-order valence-corrected chi connectivity index (χ0v) is 15.4. The van der Waals surface area contributed by atoms with Crippen LogP contribution in [-0.4, -0.2) is 39.5 Å². The number of aromatic nitrogens is 1. The van der Waals surface area contributed by atoms with Crippen LogP contribution < -0.4 is 10.9 Å². The van der Waals surface area contributed by atoms with Crippen LogP contribution in [0.2, 0.25) is 0 Å². The first-order valence-electron chi connectivity index (χ1n) is 8.73. The highest BCUT2D eigenvalue weighted by molar-refractivity contribution is 5.90. The molecule has 1 fully saturated rings. The molecule has 7 nitrogen and oxygen atoms in total. The van der Waals surface area contributed by atoms with Crippen LogP contribution in [0.3, 0.4) is 0 Å². The molecule has 0 aliphatic carbocycles. The van der Waals surface area contributed by atoms with Crippen molar-refractivity contribution in [3.05, 3.63) is 63.6 Å². The minimum absolute atomic E-state index is 0.00663. The third-order valence-corrected chi connectivity index (χ3v) is 4.71. The summed E-state index contributed by atoms with van der Waals surface area (Å²) in [7, 11) is 0. The number of hydrogen-bond acceptors (Lipinski definition) is 4. The maximum absolute atomic E-state index is 13.4.